The minimum absolute atomic E-state index is 0.199. The number of nitrogens with zero attached hydrogens (tertiary/aromatic N) is 2. The number of carbonyl (C=O) groups is 1. The Morgan fingerprint density at radius 2 is 1.68 bits per heavy atom. The number of hydrogen-bond donors (Lipinski definition) is 2. The van der Waals surface area contributed by atoms with Crippen molar-refractivity contribution in [1.29, 1.82) is 0 Å². The molecule has 156 valence electrons. The van der Waals surface area contributed by atoms with E-state index in [1.807, 2.05) is 30.3 Å². The highest BCUT2D eigenvalue weighted by Crippen LogP contribution is 2.26. The lowest BCUT2D eigenvalue weighted by Crippen LogP contribution is -2.12. The number of carbonyl (C=O) groups excluding carboxylic acids is 1. The molecule has 0 spiro atoms. The first kappa shape index (κ1) is 20.4. The Kier molecular flexibility index (Phi) is 5.31. The Bertz CT molecular complexity index is 1350. The van der Waals surface area contributed by atoms with Crippen LogP contribution in [-0.2, 0) is 9.84 Å². The van der Waals surface area contributed by atoms with Crippen molar-refractivity contribution in [1.82, 2.24) is 9.78 Å². The predicted octanol–water partition coefficient (Wildman–Crippen LogP) is 3.78. The van der Waals surface area contributed by atoms with E-state index in [0.29, 0.717) is 28.2 Å². The lowest BCUT2D eigenvalue weighted by molar-refractivity contribution is 0.102. The molecule has 0 aliphatic carbocycles. The second kappa shape index (κ2) is 8.08. The van der Waals surface area contributed by atoms with E-state index in [9.17, 15) is 13.2 Å². The number of rotatable bonds is 5. The first-order valence-electron chi connectivity index (χ1n) is 9.44. The van der Waals surface area contributed by atoms with Gasteiger partial charge in [-0.05, 0) is 42.5 Å². The maximum Gasteiger partial charge on any atom is 0.259 e. The van der Waals surface area contributed by atoms with Crippen LogP contribution in [0.1, 0.15) is 10.4 Å². The third-order valence-corrected chi connectivity index (χ3v) is 5.81. The molecule has 1 aromatic heterocycles. The number of hydrogen-bond acceptors (Lipinski definition) is 5. The number of sulfone groups is 1. The van der Waals surface area contributed by atoms with Crippen LogP contribution in [0.25, 0.3) is 16.9 Å². The Morgan fingerprint density at radius 1 is 0.968 bits per heavy atom. The van der Waals surface area contributed by atoms with Crippen molar-refractivity contribution in [2.24, 2.45) is 0 Å². The molecule has 31 heavy (non-hydrogen) atoms. The molecule has 3 aromatic carbocycles. The number of nitrogens with one attached hydrogen (secondary N) is 1. The van der Waals surface area contributed by atoms with Crippen LogP contribution in [-0.4, -0.2) is 30.4 Å². The minimum atomic E-state index is -3.33. The molecule has 4 rings (SSSR count). The van der Waals surface area contributed by atoms with Crippen LogP contribution in [0, 0.1) is 0 Å². The van der Waals surface area contributed by atoms with E-state index in [2.05, 4.69) is 10.4 Å². The molecule has 0 atom stereocenters. The van der Waals surface area contributed by atoms with E-state index in [1.165, 1.54) is 12.1 Å². The van der Waals surface area contributed by atoms with Crippen LogP contribution in [0.15, 0.2) is 90.0 Å². The molecule has 0 aliphatic rings. The Balaban J connectivity index is 1.77. The van der Waals surface area contributed by atoms with Gasteiger partial charge in [0, 0.05) is 29.4 Å². The summed E-state index contributed by atoms with van der Waals surface area (Å²) in [6.45, 7) is 0. The summed E-state index contributed by atoms with van der Waals surface area (Å²) in [5, 5.41) is 7.45. The van der Waals surface area contributed by atoms with Gasteiger partial charge in [-0.25, -0.2) is 13.1 Å². The van der Waals surface area contributed by atoms with Gasteiger partial charge in [0.1, 0.15) is 5.69 Å². The molecule has 4 aromatic rings. The zero-order chi connectivity index (χ0) is 22.0. The molecule has 0 fully saturated rings. The van der Waals surface area contributed by atoms with Gasteiger partial charge in [0.15, 0.2) is 9.84 Å². The summed E-state index contributed by atoms with van der Waals surface area (Å²) >= 11 is 0. The van der Waals surface area contributed by atoms with Gasteiger partial charge in [0.25, 0.3) is 5.91 Å². The van der Waals surface area contributed by atoms with Crippen LogP contribution >= 0.6 is 0 Å². The van der Waals surface area contributed by atoms with Gasteiger partial charge in [-0.2, -0.15) is 5.10 Å². The SMILES string of the molecule is CS(=O)(=O)c1ccc(-c2nn(-c3ccccc3)cc2C(=O)Nc2cccc(N)c2)cc1. The van der Waals surface area contributed by atoms with Gasteiger partial charge in [0.2, 0.25) is 0 Å². The fraction of sp³-hybridized carbons (Fsp3) is 0.0435. The lowest BCUT2D eigenvalue weighted by Gasteiger charge is -2.06. The van der Waals surface area contributed by atoms with Crippen molar-refractivity contribution in [2.45, 2.75) is 4.90 Å². The molecule has 1 amide bonds. The number of aromatic nitrogens is 2. The molecular weight excluding hydrogens is 412 g/mol. The normalized spacial score (nSPS) is 11.3. The fourth-order valence-electron chi connectivity index (χ4n) is 3.14. The summed E-state index contributed by atoms with van der Waals surface area (Å²) in [7, 11) is -3.33. The Morgan fingerprint density at radius 3 is 2.32 bits per heavy atom. The van der Waals surface area contributed by atoms with Gasteiger partial charge in [0.05, 0.1) is 16.1 Å². The highest BCUT2D eigenvalue weighted by molar-refractivity contribution is 7.90. The maximum absolute atomic E-state index is 13.1. The number of benzene rings is 3. The summed E-state index contributed by atoms with van der Waals surface area (Å²) in [5.41, 5.74) is 9.11. The summed E-state index contributed by atoms with van der Waals surface area (Å²) in [6.07, 6.45) is 2.80. The quantitative estimate of drug-likeness (QED) is 0.467. The zero-order valence-corrected chi connectivity index (χ0v) is 17.5. The van der Waals surface area contributed by atoms with Crippen molar-refractivity contribution in [3.63, 3.8) is 0 Å². The van der Waals surface area contributed by atoms with Crippen molar-refractivity contribution < 1.29 is 13.2 Å². The van der Waals surface area contributed by atoms with E-state index < -0.39 is 9.84 Å². The smallest absolute Gasteiger partial charge is 0.259 e. The van der Waals surface area contributed by atoms with E-state index in [0.717, 1.165) is 11.9 Å². The summed E-state index contributed by atoms with van der Waals surface area (Å²) in [5.74, 6) is -0.352. The van der Waals surface area contributed by atoms with Crippen LogP contribution < -0.4 is 11.1 Å². The maximum atomic E-state index is 13.1. The molecule has 0 unspecified atom stereocenters. The monoisotopic (exact) mass is 432 g/mol. The van der Waals surface area contributed by atoms with Crippen LogP contribution in [0.2, 0.25) is 0 Å². The van der Waals surface area contributed by atoms with Gasteiger partial charge in [-0.3, -0.25) is 4.79 Å². The van der Waals surface area contributed by atoms with E-state index in [4.69, 9.17) is 5.73 Å². The molecule has 0 bridgehead atoms. The molecule has 3 N–H and O–H groups in total. The van der Waals surface area contributed by atoms with Gasteiger partial charge in [-0.15, -0.1) is 0 Å². The molecule has 0 radical (unpaired) electrons. The summed E-state index contributed by atoms with van der Waals surface area (Å²) in [6, 6.07) is 22.6. The third kappa shape index (κ3) is 4.49. The standard InChI is InChI=1S/C23H20N4O3S/c1-31(29,30)20-12-10-16(11-13-20)22-21(15-27(26-22)19-8-3-2-4-9-19)23(28)25-18-7-5-6-17(24)14-18/h2-15H,24H2,1H3,(H,25,28). The third-order valence-electron chi connectivity index (χ3n) is 4.68. The second-order valence-corrected chi connectivity index (χ2v) is 9.06. The average Bonchev–Trinajstić information content (AvgIpc) is 3.20. The predicted molar refractivity (Wildman–Crippen MR) is 121 cm³/mol. The number of anilines is 2. The highest BCUT2D eigenvalue weighted by Gasteiger charge is 2.19. The number of nitrogen functional groups attached to an aromatic ring is 1. The Labute approximate surface area is 180 Å². The molecule has 7 nitrogen and oxygen atoms in total. The first-order chi connectivity index (χ1) is 14.8. The molecule has 0 saturated carbocycles. The average molecular weight is 433 g/mol. The number of amides is 1. The van der Waals surface area contributed by atoms with Crippen LogP contribution in [0.5, 0.6) is 0 Å². The fourth-order valence-corrected chi connectivity index (χ4v) is 3.77. The molecule has 0 aliphatic heterocycles. The van der Waals surface area contributed by atoms with Gasteiger partial charge >= 0.3 is 0 Å². The van der Waals surface area contributed by atoms with Gasteiger partial charge in [-0.1, -0.05) is 36.4 Å². The first-order valence-corrected chi connectivity index (χ1v) is 11.3. The lowest BCUT2D eigenvalue weighted by atomic mass is 10.1. The molecule has 1 heterocycles. The largest absolute Gasteiger partial charge is 0.399 e. The highest BCUT2D eigenvalue weighted by atomic mass is 32.2. The number of nitrogens with two attached hydrogens (primary N) is 1. The molecular formula is C23H20N4O3S. The minimum Gasteiger partial charge on any atom is -0.399 e. The second-order valence-electron chi connectivity index (χ2n) is 7.05. The summed E-state index contributed by atoms with van der Waals surface area (Å²) in [4.78, 5) is 13.3. The van der Waals surface area contributed by atoms with E-state index in [-0.39, 0.29) is 10.8 Å². The summed E-state index contributed by atoms with van der Waals surface area (Å²) < 4.78 is 25.2. The van der Waals surface area contributed by atoms with Crippen LogP contribution in [0.4, 0.5) is 11.4 Å². The number of para-hydroxylation sites is 1. The molecule has 0 saturated heterocycles. The van der Waals surface area contributed by atoms with Gasteiger partial charge < -0.3 is 11.1 Å². The van der Waals surface area contributed by atoms with Crippen molar-refractivity contribution in [3.8, 4) is 16.9 Å². The van der Waals surface area contributed by atoms with Crippen molar-refractivity contribution >= 4 is 27.1 Å². The van der Waals surface area contributed by atoms with Crippen molar-refractivity contribution in [3.05, 3.63) is 90.6 Å². The van der Waals surface area contributed by atoms with E-state index in [1.54, 1.807) is 47.3 Å². The molecule has 8 heteroatoms. The van der Waals surface area contributed by atoms with Crippen molar-refractivity contribution in [2.75, 3.05) is 17.3 Å². The zero-order valence-electron chi connectivity index (χ0n) is 16.7. The van der Waals surface area contributed by atoms with E-state index >= 15 is 0 Å². The Hall–Kier alpha value is -3.91. The topological polar surface area (TPSA) is 107 Å². The van der Waals surface area contributed by atoms with Crippen LogP contribution in [0.3, 0.4) is 0 Å².